The SMILES string of the molecule is CCN1C(=O)[C@H]2CCCN2c2nc(NCc3cnn(Cc4ccc(F)cc4)c3)ncc21. The van der Waals surface area contributed by atoms with Crippen molar-refractivity contribution in [2.75, 3.05) is 28.2 Å². The smallest absolute Gasteiger partial charge is 0.249 e. The zero-order chi connectivity index (χ0) is 21.4. The monoisotopic (exact) mass is 421 g/mol. The van der Waals surface area contributed by atoms with Crippen LogP contribution in [0.4, 0.5) is 21.8 Å². The van der Waals surface area contributed by atoms with Crippen LogP contribution in [-0.2, 0) is 17.9 Å². The van der Waals surface area contributed by atoms with Gasteiger partial charge < -0.3 is 15.1 Å². The fourth-order valence-electron chi connectivity index (χ4n) is 4.30. The maximum atomic E-state index is 13.1. The second-order valence-electron chi connectivity index (χ2n) is 7.86. The number of halogens is 1. The van der Waals surface area contributed by atoms with E-state index in [9.17, 15) is 9.18 Å². The molecule has 2 aliphatic heterocycles. The van der Waals surface area contributed by atoms with E-state index in [0.29, 0.717) is 25.6 Å². The van der Waals surface area contributed by atoms with Gasteiger partial charge in [0, 0.05) is 31.4 Å². The number of fused-ring (bicyclic) bond motifs is 3. The van der Waals surface area contributed by atoms with Gasteiger partial charge in [0.1, 0.15) is 17.5 Å². The molecule has 1 atom stereocenters. The van der Waals surface area contributed by atoms with Gasteiger partial charge in [0.05, 0.1) is 18.9 Å². The number of likely N-dealkylation sites (N-methyl/N-ethyl adjacent to an activating group) is 1. The predicted octanol–water partition coefficient (Wildman–Crippen LogP) is 2.81. The third kappa shape index (κ3) is 3.71. The van der Waals surface area contributed by atoms with Gasteiger partial charge >= 0.3 is 0 Å². The van der Waals surface area contributed by atoms with E-state index in [2.05, 4.69) is 20.3 Å². The lowest BCUT2D eigenvalue weighted by atomic mass is 10.1. The van der Waals surface area contributed by atoms with E-state index in [1.165, 1.54) is 12.1 Å². The highest BCUT2D eigenvalue weighted by molar-refractivity contribution is 6.05. The minimum atomic E-state index is -0.245. The molecule has 0 radical (unpaired) electrons. The van der Waals surface area contributed by atoms with Crippen LogP contribution in [-0.4, -0.2) is 44.8 Å². The second kappa shape index (κ2) is 7.98. The van der Waals surface area contributed by atoms with Crippen molar-refractivity contribution in [2.24, 2.45) is 0 Å². The number of carbonyl (C=O) groups excluding carboxylic acids is 1. The van der Waals surface area contributed by atoms with Crippen LogP contribution >= 0.6 is 0 Å². The summed E-state index contributed by atoms with van der Waals surface area (Å²) in [7, 11) is 0. The number of rotatable bonds is 6. The number of nitrogens with zero attached hydrogens (tertiary/aromatic N) is 6. The Kier molecular flexibility index (Phi) is 5.01. The number of aromatic nitrogens is 4. The molecule has 5 rings (SSSR count). The average Bonchev–Trinajstić information content (AvgIpc) is 3.44. The first kappa shape index (κ1) is 19.5. The van der Waals surface area contributed by atoms with Crippen LogP contribution in [0.3, 0.4) is 0 Å². The summed E-state index contributed by atoms with van der Waals surface area (Å²) in [5.41, 5.74) is 2.76. The molecule has 0 unspecified atom stereocenters. The Morgan fingerprint density at radius 2 is 2.03 bits per heavy atom. The molecule has 9 heteroatoms. The van der Waals surface area contributed by atoms with Crippen molar-refractivity contribution < 1.29 is 9.18 Å². The first-order valence-electron chi connectivity index (χ1n) is 10.6. The largest absolute Gasteiger partial charge is 0.350 e. The molecule has 2 aromatic heterocycles. The van der Waals surface area contributed by atoms with Gasteiger partial charge in [-0.2, -0.15) is 10.1 Å². The molecule has 4 heterocycles. The highest BCUT2D eigenvalue weighted by Gasteiger charge is 2.41. The molecule has 31 heavy (non-hydrogen) atoms. The van der Waals surface area contributed by atoms with Crippen LogP contribution in [0.2, 0.25) is 0 Å². The van der Waals surface area contributed by atoms with E-state index in [1.807, 2.05) is 17.8 Å². The zero-order valence-corrected chi connectivity index (χ0v) is 17.3. The molecule has 1 aromatic carbocycles. The number of hydrogen-bond acceptors (Lipinski definition) is 6. The van der Waals surface area contributed by atoms with Gasteiger partial charge in [-0.15, -0.1) is 0 Å². The van der Waals surface area contributed by atoms with Crippen LogP contribution in [0.1, 0.15) is 30.9 Å². The van der Waals surface area contributed by atoms with Crippen molar-refractivity contribution in [1.29, 1.82) is 0 Å². The Morgan fingerprint density at radius 1 is 1.19 bits per heavy atom. The molecular weight excluding hydrogens is 397 g/mol. The van der Waals surface area contributed by atoms with Gasteiger partial charge in [-0.05, 0) is 37.5 Å². The molecule has 3 aromatic rings. The zero-order valence-electron chi connectivity index (χ0n) is 17.3. The van der Waals surface area contributed by atoms with E-state index >= 15 is 0 Å². The Labute approximate surface area is 179 Å². The Morgan fingerprint density at radius 3 is 2.84 bits per heavy atom. The summed E-state index contributed by atoms with van der Waals surface area (Å²) < 4.78 is 14.9. The minimum absolute atomic E-state index is 0.111. The highest BCUT2D eigenvalue weighted by Crippen LogP contribution is 2.38. The first-order valence-corrected chi connectivity index (χ1v) is 10.6. The summed E-state index contributed by atoms with van der Waals surface area (Å²) in [4.78, 5) is 25.8. The third-order valence-corrected chi connectivity index (χ3v) is 5.83. The topological polar surface area (TPSA) is 79.2 Å². The van der Waals surface area contributed by atoms with Crippen LogP contribution < -0.4 is 15.1 Å². The maximum Gasteiger partial charge on any atom is 0.249 e. The summed E-state index contributed by atoms with van der Waals surface area (Å²) in [6.07, 6.45) is 7.34. The van der Waals surface area contributed by atoms with Crippen LogP contribution in [0.25, 0.3) is 0 Å². The van der Waals surface area contributed by atoms with E-state index in [0.717, 1.165) is 42.0 Å². The number of carbonyl (C=O) groups is 1. The number of nitrogens with one attached hydrogen (secondary N) is 1. The van der Waals surface area contributed by atoms with Crippen molar-refractivity contribution in [3.05, 3.63) is 59.8 Å². The summed E-state index contributed by atoms with van der Waals surface area (Å²) in [5, 5.41) is 7.64. The molecule has 8 nitrogen and oxygen atoms in total. The molecule has 0 aliphatic carbocycles. The van der Waals surface area contributed by atoms with E-state index < -0.39 is 0 Å². The van der Waals surface area contributed by atoms with Crippen molar-refractivity contribution in [1.82, 2.24) is 19.7 Å². The molecule has 160 valence electrons. The van der Waals surface area contributed by atoms with Gasteiger partial charge in [0.2, 0.25) is 11.9 Å². The van der Waals surface area contributed by atoms with Gasteiger partial charge in [0.25, 0.3) is 0 Å². The lowest BCUT2D eigenvalue weighted by Crippen LogP contribution is -2.51. The fraction of sp³-hybridized carbons (Fsp3) is 0.364. The molecule has 2 aliphatic rings. The minimum Gasteiger partial charge on any atom is -0.350 e. The quantitative estimate of drug-likeness (QED) is 0.659. The lowest BCUT2D eigenvalue weighted by Gasteiger charge is -2.37. The maximum absolute atomic E-state index is 13.1. The summed E-state index contributed by atoms with van der Waals surface area (Å²) in [5.74, 6) is 1.26. The predicted molar refractivity (Wildman–Crippen MR) is 115 cm³/mol. The summed E-state index contributed by atoms with van der Waals surface area (Å²) in [6.45, 7) is 4.53. The van der Waals surface area contributed by atoms with Gasteiger partial charge in [0.15, 0.2) is 5.82 Å². The average molecular weight is 421 g/mol. The molecule has 0 saturated carbocycles. The van der Waals surface area contributed by atoms with E-state index in [-0.39, 0.29) is 17.8 Å². The second-order valence-corrected chi connectivity index (χ2v) is 7.86. The first-order chi connectivity index (χ1) is 15.1. The van der Waals surface area contributed by atoms with Crippen molar-refractivity contribution in [3.8, 4) is 0 Å². The van der Waals surface area contributed by atoms with Crippen molar-refractivity contribution in [2.45, 2.75) is 38.9 Å². The number of hydrogen-bond donors (Lipinski definition) is 1. The normalized spacial score (nSPS) is 17.6. The van der Waals surface area contributed by atoms with E-state index in [4.69, 9.17) is 4.98 Å². The molecule has 1 saturated heterocycles. The van der Waals surface area contributed by atoms with Crippen LogP contribution in [0.15, 0.2) is 42.9 Å². The molecule has 1 fully saturated rings. The van der Waals surface area contributed by atoms with Gasteiger partial charge in [-0.3, -0.25) is 9.48 Å². The van der Waals surface area contributed by atoms with Gasteiger partial charge in [-0.1, -0.05) is 12.1 Å². The molecule has 1 amide bonds. The Hall–Kier alpha value is -3.49. The van der Waals surface area contributed by atoms with Gasteiger partial charge in [-0.25, -0.2) is 9.37 Å². The Balaban J connectivity index is 1.29. The number of anilines is 3. The highest BCUT2D eigenvalue weighted by atomic mass is 19.1. The molecule has 0 spiro atoms. The molecular formula is C22H24FN7O. The molecule has 0 bridgehead atoms. The van der Waals surface area contributed by atoms with E-state index in [1.54, 1.807) is 29.4 Å². The summed E-state index contributed by atoms with van der Waals surface area (Å²) in [6, 6.07) is 6.30. The molecule has 1 N–H and O–H groups in total. The standard InChI is InChI=1S/C22H24FN7O/c1-2-29-19-12-25-22(27-20(19)30-9-3-4-18(30)21(29)31)24-10-16-11-26-28(14-16)13-15-5-7-17(23)8-6-15/h5-8,11-12,14,18H,2-4,9-10,13H2,1H3,(H,24,25,27)/t18-/m1/s1. The third-order valence-electron chi connectivity index (χ3n) is 5.83. The Bertz CT molecular complexity index is 1100. The fourth-order valence-corrected chi connectivity index (χ4v) is 4.30. The lowest BCUT2D eigenvalue weighted by molar-refractivity contribution is -0.119. The van der Waals surface area contributed by atoms with Crippen molar-refractivity contribution in [3.63, 3.8) is 0 Å². The number of benzene rings is 1. The number of amides is 1. The van der Waals surface area contributed by atoms with Crippen LogP contribution in [0, 0.1) is 5.82 Å². The summed E-state index contributed by atoms with van der Waals surface area (Å²) >= 11 is 0. The van der Waals surface area contributed by atoms with Crippen LogP contribution in [0.5, 0.6) is 0 Å². The van der Waals surface area contributed by atoms with Crippen molar-refractivity contribution >= 4 is 23.4 Å².